The molecule has 0 spiro atoms. The van der Waals surface area contributed by atoms with Gasteiger partial charge in [0.05, 0.1) is 23.8 Å². The van der Waals surface area contributed by atoms with Crippen molar-refractivity contribution in [2.24, 2.45) is 0 Å². The number of amides is 2. The first kappa shape index (κ1) is 20.2. The summed E-state index contributed by atoms with van der Waals surface area (Å²) >= 11 is 11.9. The lowest BCUT2D eigenvalue weighted by molar-refractivity contribution is -0.119. The van der Waals surface area contributed by atoms with E-state index in [-0.39, 0.29) is 24.9 Å². The molecule has 0 unspecified atom stereocenters. The molecule has 0 aliphatic rings. The number of aryl methyl sites for hydroxylation is 1. The molecule has 0 heterocycles. The van der Waals surface area contributed by atoms with Gasteiger partial charge in [0.25, 0.3) is 0 Å². The summed E-state index contributed by atoms with van der Waals surface area (Å²) in [6.45, 7) is 2.17. The number of carbonyl (C=O) groups excluding carboxylic acids is 2. The van der Waals surface area contributed by atoms with Crippen molar-refractivity contribution >= 4 is 46.4 Å². The third kappa shape index (κ3) is 6.02. The van der Waals surface area contributed by atoms with E-state index in [0.29, 0.717) is 15.7 Å². The van der Waals surface area contributed by atoms with E-state index >= 15 is 0 Å². The normalized spacial score (nSPS) is 10.7. The summed E-state index contributed by atoms with van der Waals surface area (Å²) in [6, 6.07) is 12.5. The molecule has 0 aliphatic carbocycles. The van der Waals surface area contributed by atoms with Gasteiger partial charge in [0.15, 0.2) is 0 Å². The number of rotatable bonds is 7. The summed E-state index contributed by atoms with van der Waals surface area (Å²) in [6.07, 6.45) is 0.828. The number of nitrogens with one attached hydrogen (secondary N) is 2. The van der Waals surface area contributed by atoms with Gasteiger partial charge >= 0.3 is 0 Å². The Balaban J connectivity index is 1.87. The average Bonchev–Trinajstić information content (AvgIpc) is 2.58. The number of benzene rings is 2. The highest BCUT2D eigenvalue weighted by molar-refractivity contribution is 6.35. The third-order valence-corrected chi connectivity index (χ3v) is 4.27. The molecule has 0 bridgehead atoms. The molecule has 2 aromatic rings. The molecular formula is C19H21Cl2N3O2. The Kier molecular flexibility index (Phi) is 7.45. The maximum atomic E-state index is 12.2. The number of anilines is 2. The molecule has 0 saturated carbocycles. The molecule has 0 saturated heterocycles. The zero-order chi connectivity index (χ0) is 19.1. The Hall–Kier alpha value is -2.08. The molecule has 2 N–H and O–H groups in total. The van der Waals surface area contributed by atoms with Gasteiger partial charge in [-0.3, -0.25) is 14.5 Å². The Morgan fingerprint density at radius 2 is 1.58 bits per heavy atom. The van der Waals surface area contributed by atoms with Crippen LogP contribution in [0.3, 0.4) is 0 Å². The second-order valence-electron chi connectivity index (χ2n) is 5.90. The largest absolute Gasteiger partial charge is 0.325 e. The molecule has 0 aromatic heterocycles. The second-order valence-corrected chi connectivity index (χ2v) is 6.75. The fourth-order valence-corrected chi connectivity index (χ4v) is 2.81. The molecular weight excluding hydrogens is 373 g/mol. The van der Waals surface area contributed by atoms with Crippen molar-refractivity contribution in [3.05, 3.63) is 58.1 Å². The fraction of sp³-hybridized carbons (Fsp3) is 0.263. The monoisotopic (exact) mass is 393 g/mol. The van der Waals surface area contributed by atoms with Crippen LogP contribution in [0.4, 0.5) is 11.4 Å². The van der Waals surface area contributed by atoms with Crippen LogP contribution in [0.25, 0.3) is 0 Å². The highest BCUT2D eigenvalue weighted by Gasteiger charge is 2.13. The van der Waals surface area contributed by atoms with E-state index in [9.17, 15) is 9.59 Å². The predicted octanol–water partition coefficient (Wildman–Crippen LogP) is 4.06. The summed E-state index contributed by atoms with van der Waals surface area (Å²) in [7, 11) is 1.70. The van der Waals surface area contributed by atoms with Gasteiger partial charge in [-0.15, -0.1) is 0 Å². The van der Waals surface area contributed by atoms with Crippen LogP contribution in [0, 0.1) is 0 Å². The van der Waals surface area contributed by atoms with E-state index in [1.54, 1.807) is 30.1 Å². The quantitative estimate of drug-likeness (QED) is 0.745. The van der Waals surface area contributed by atoms with Crippen molar-refractivity contribution in [3.63, 3.8) is 0 Å². The van der Waals surface area contributed by atoms with Crippen molar-refractivity contribution in [2.75, 3.05) is 30.8 Å². The molecule has 7 heteroatoms. The van der Waals surface area contributed by atoms with Crippen molar-refractivity contribution in [2.45, 2.75) is 13.3 Å². The number of para-hydroxylation sites is 1. The summed E-state index contributed by atoms with van der Waals surface area (Å²) in [4.78, 5) is 26.0. The van der Waals surface area contributed by atoms with Gasteiger partial charge < -0.3 is 10.6 Å². The minimum atomic E-state index is -0.279. The van der Waals surface area contributed by atoms with Crippen LogP contribution in [0.2, 0.25) is 10.0 Å². The molecule has 2 rings (SSSR count). The lowest BCUT2D eigenvalue weighted by atomic mass is 10.1. The Morgan fingerprint density at radius 1 is 0.962 bits per heavy atom. The number of hydrogen-bond acceptors (Lipinski definition) is 3. The number of halogens is 2. The first-order chi connectivity index (χ1) is 12.4. The lowest BCUT2D eigenvalue weighted by Crippen LogP contribution is -2.36. The van der Waals surface area contributed by atoms with Crippen LogP contribution < -0.4 is 10.6 Å². The molecule has 0 fully saturated rings. The predicted molar refractivity (Wildman–Crippen MR) is 107 cm³/mol. The topological polar surface area (TPSA) is 61.4 Å². The van der Waals surface area contributed by atoms with Gasteiger partial charge in [-0.1, -0.05) is 48.3 Å². The van der Waals surface area contributed by atoms with E-state index in [1.807, 2.05) is 31.2 Å². The van der Waals surface area contributed by atoms with Crippen molar-refractivity contribution in [1.29, 1.82) is 0 Å². The molecule has 0 atom stereocenters. The minimum absolute atomic E-state index is 0.0473. The van der Waals surface area contributed by atoms with Gasteiger partial charge in [0.1, 0.15) is 0 Å². The van der Waals surface area contributed by atoms with Crippen molar-refractivity contribution in [3.8, 4) is 0 Å². The number of hydrogen-bond donors (Lipinski definition) is 2. The van der Waals surface area contributed by atoms with E-state index in [1.165, 1.54) is 0 Å². The first-order valence-electron chi connectivity index (χ1n) is 8.20. The van der Waals surface area contributed by atoms with E-state index in [4.69, 9.17) is 23.2 Å². The Labute approximate surface area is 163 Å². The number of carbonyl (C=O) groups is 2. The van der Waals surface area contributed by atoms with Crippen LogP contribution in [0.15, 0.2) is 42.5 Å². The van der Waals surface area contributed by atoms with Crippen molar-refractivity contribution < 1.29 is 9.59 Å². The summed E-state index contributed by atoms with van der Waals surface area (Å²) in [5.41, 5.74) is 2.30. The Morgan fingerprint density at radius 3 is 2.23 bits per heavy atom. The molecule has 0 aliphatic heterocycles. The van der Waals surface area contributed by atoms with E-state index in [2.05, 4.69) is 10.6 Å². The highest BCUT2D eigenvalue weighted by atomic mass is 35.5. The summed E-state index contributed by atoms with van der Waals surface area (Å²) in [5, 5.41) is 6.46. The SMILES string of the molecule is CCc1ccccc1NC(=O)CN(C)CC(=O)Nc1cc(Cl)ccc1Cl. The summed E-state index contributed by atoms with van der Waals surface area (Å²) in [5.74, 6) is -0.458. The maximum absolute atomic E-state index is 12.2. The third-order valence-electron chi connectivity index (χ3n) is 3.70. The number of likely N-dealkylation sites (N-methyl/N-ethyl adjacent to an activating group) is 1. The molecule has 0 radical (unpaired) electrons. The van der Waals surface area contributed by atoms with E-state index < -0.39 is 0 Å². The van der Waals surface area contributed by atoms with Gasteiger partial charge in [-0.2, -0.15) is 0 Å². The minimum Gasteiger partial charge on any atom is -0.325 e. The van der Waals surface area contributed by atoms with Crippen LogP contribution in [0.1, 0.15) is 12.5 Å². The van der Waals surface area contributed by atoms with Crippen LogP contribution in [-0.4, -0.2) is 36.9 Å². The Bertz CT molecular complexity index is 796. The van der Waals surface area contributed by atoms with Crippen LogP contribution >= 0.6 is 23.2 Å². The second kappa shape index (κ2) is 9.57. The maximum Gasteiger partial charge on any atom is 0.238 e. The molecule has 26 heavy (non-hydrogen) atoms. The van der Waals surface area contributed by atoms with Crippen LogP contribution in [0.5, 0.6) is 0 Å². The zero-order valence-corrected chi connectivity index (χ0v) is 16.2. The lowest BCUT2D eigenvalue weighted by Gasteiger charge is -2.17. The summed E-state index contributed by atoms with van der Waals surface area (Å²) < 4.78 is 0. The molecule has 2 amide bonds. The van der Waals surface area contributed by atoms with Crippen LogP contribution in [-0.2, 0) is 16.0 Å². The van der Waals surface area contributed by atoms with Gasteiger partial charge in [0.2, 0.25) is 11.8 Å². The smallest absolute Gasteiger partial charge is 0.238 e. The van der Waals surface area contributed by atoms with Gasteiger partial charge in [-0.25, -0.2) is 0 Å². The molecule has 138 valence electrons. The average molecular weight is 394 g/mol. The van der Waals surface area contributed by atoms with E-state index in [0.717, 1.165) is 17.7 Å². The van der Waals surface area contributed by atoms with Crippen molar-refractivity contribution in [1.82, 2.24) is 4.90 Å². The first-order valence-corrected chi connectivity index (χ1v) is 8.95. The zero-order valence-electron chi connectivity index (χ0n) is 14.7. The number of nitrogens with zero attached hydrogens (tertiary/aromatic N) is 1. The molecule has 5 nitrogen and oxygen atoms in total. The van der Waals surface area contributed by atoms with Gasteiger partial charge in [-0.05, 0) is 43.3 Å². The fourth-order valence-electron chi connectivity index (χ4n) is 2.47. The van der Waals surface area contributed by atoms with Gasteiger partial charge in [0, 0.05) is 10.7 Å². The molecule has 2 aromatic carbocycles. The highest BCUT2D eigenvalue weighted by Crippen LogP contribution is 2.25. The standard InChI is InChI=1S/C19H21Cl2N3O2/c1-3-13-6-4-5-7-16(13)22-18(25)11-24(2)12-19(26)23-17-10-14(20)8-9-15(17)21/h4-10H,3,11-12H2,1-2H3,(H,22,25)(H,23,26).